The predicted molar refractivity (Wildman–Crippen MR) is 132 cm³/mol. The Hall–Kier alpha value is -2.84. The number of nitrogens with one attached hydrogen (secondary N) is 2. The minimum absolute atomic E-state index is 0.273. The standard InChI is InChI=1S/C24H31ClN6O2/c1-14(2)31(13-22(26)32)17-6-4-16(5-7-17)29-23-9-15(8-21(25)30-23)20-12-28-24-19(20)10-18(33-3)11-27-24/h8-12,14,16-17H,4-7,13H2,1-3H3,(H2,26,32)(H,27,28)(H,29,30). The van der Waals surface area contributed by atoms with Crippen LogP contribution in [0, 0.1) is 0 Å². The smallest absolute Gasteiger partial charge is 0.231 e. The van der Waals surface area contributed by atoms with E-state index in [9.17, 15) is 4.79 Å². The first-order chi connectivity index (χ1) is 15.8. The van der Waals surface area contributed by atoms with E-state index >= 15 is 0 Å². The number of rotatable bonds is 8. The molecule has 176 valence electrons. The van der Waals surface area contributed by atoms with E-state index in [2.05, 4.69) is 39.0 Å². The number of anilines is 1. The Morgan fingerprint density at radius 1 is 1.30 bits per heavy atom. The molecule has 4 rings (SSSR count). The third kappa shape index (κ3) is 5.39. The lowest BCUT2D eigenvalue weighted by atomic mass is 9.89. The van der Waals surface area contributed by atoms with Crippen molar-refractivity contribution in [3.63, 3.8) is 0 Å². The second-order valence-corrected chi connectivity index (χ2v) is 9.31. The zero-order chi connectivity index (χ0) is 23.5. The average Bonchev–Trinajstić information content (AvgIpc) is 3.20. The van der Waals surface area contributed by atoms with Crippen LogP contribution in [-0.4, -0.2) is 57.5 Å². The molecule has 1 aliphatic carbocycles. The first kappa shape index (κ1) is 23.3. The predicted octanol–water partition coefficient (Wildman–Crippen LogP) is 4.21. The maximum absolute atomic E-state index is 11.5. The topological polar surface area (TPSA) is 109 Å². The molecular weight excluding hydrogens is 440 g/mol. The monoisotopic (exact) mass is 470 g/mol. The van der Waals surface area contributed by atoms with E-state index < -0.39 is 0 Å². The number of aromatic amines is 1. The molecule has 4 N–H and O–H groups in total. The van der Waals surface area contributed by atoms with Gasteiger partial charge in [-0.1, -0.05) is 11.6 Å². The van der Waals surface area contributed by atoms with Crippen molar-refractivity contribution in [2.24, 2.45) is 5.73 Å². The van der Waals surface area contributed by atoms with E-state index in [0.29, 0.717) is 29.5 Å². The van der Waals surface area contributed by atoms with Crippen molar-refractivity contribution < 1.29 is 9.53 Å². The summed E-state index contributed by atoms with van der Waals surface area (Å²) in [5.74, 6) is 1.18. The van der Waals surface area contributed by atoms with Crippen LogP contribution in [0.15, 0.2) is 30.6 Å². The zero-order valence-electron chi connectivity index (χ0n) is 19.3. The fourth-order valence-corrected chi connectivity index (χ4v) is 4.94. The molecule has 0 aliphatic heterocycles. The molecular formula is C24H31ClN6O2. The van der Waals surface area contributed by atoms with Crippen molar-refractivity contribution in [3.8, 4) is 16.9 Å². The number of halogens is 1. The Labute approximate surface area is 198 Å². The van der Waals surface area contributed by atoms with Crippen molar-refractivity contribution in [1.29, 1.82) is 0 Å². The Morgan fingerprint density at radius 3 is 2.73 bits per heavy atom. The number of hydrogen-bond donors (Lipinski definition) is 3. The van der Waals surface area contributed by atoms with Gasteiger partial charge < -0.3 is 20.8 Å². The number of methoxy groups -OCH3 is 1. The fourth-order valence-electron chi connectivity index (χ4n) is 4.74. The number of nitrogens with two attached hydrogens (primary N) is 1. The van der Waals surface area contributed by atoms with E-state index in [0.717, 1.165) is 53.7 Å². The summed E-state index contributed by atoms with van der Waals surface area (Å²) in [4.78, 5) is 25.8. The normalized spacial score (nSPS) is 18.7. The minimum atomic E-state index is -0.273. The Morgan fingerprint density at radius 2 is 2.06 bits per heavy atom. The molecule has 1 fully saturated rings. The summed E-state index contributed by atoms with van der Waals surface area (Å²) in [7, 11) is 1.63. The third-order valence-corrected chi connectivity index (χ3v) is 6.56. The van der Waals surface area contributed by atoms with Gasteiger partial charge in [-0.3, -0.25) is 9.69 Å². The largest absolute Gasteiger partial charge is 0.495 e. The molecule has 3 heterocycles. The van der Waals surface area contributed by atoms with Gasteiger partial charge in [0.15, 0.2) is 0 Å². The highest BCUT2D eigenvalue weighted by Crippen LogP contribution is 2.33. The molecule has 1 aliphatic rings. The molecule has 0 aromatic carbocycles. The van der Waals surface area contributed by atoms with Gasteiger partial charge in [0.1, 0.15) is 22.4 Å². The molecule has 3 aromatic heterocycles. The van der Waals surface area contributed by atoms with Crippen LogP contribution in [0.1, 0.15) is 39.5 Å². The van der Waals surface area contributed by atoms with Crippen LogP contribution in [0.2, 0.25) is 5.15 Å². The van der Waals surface area contributed by atoms with Crippen LogP contribution >= 0.6 is 11.6 Å². The quantitative estimate of drug-likeness (QED) is 0.425. The lowest BCUT2D eigenvalue weighted by molar-refractivity contribution is -0.120. The van der Waals surface area contributed by atoms with E-state index in [4.69, 9.17) is 22.1 Å². The number of H-pyrrole nitrogens is 1. The van der Waals surface area contributed by atoms with Gasteiger partial charge in [-0.2, -0.15) is 0 Å². The maximum Gasteiger partial charge on any atom is 0.231 e. The average molecular weight is 471 g/mol. The Balaban J connectivity index is 1.48. The summed E-state index contributed by atoms with van der Waals surface area (Å²) >= 11 is 6.39. The number of nitrogens with zero attached hydrogens (tertiary/aromatic N) is 3. The van der Waals surface area contributed by atoms with E-state index in [1.165, 1.54) is 0 Å². The van der Waals surface area contributed by atoms with Crippen LogP contribution in [0.5, 0.6) is 5.75 Å². The van der Waals surface area contributed by atoms with E-state index in [1.54, 1.807) is 13.3 Å². The number of amides is 1. The van der Waals surface area contributed by atoms with E-state index in [1.807, 2.05) is 24.4 Å². The van der Waals surface area contributed by atoms with Crippen LogP contribution < -0.4 is 15.8 Å². The maximum atomic E-state index is 11.5. The number of ether oxygens (including phenoxy) is 1. The number of hydrogen-bond acceptors (Lipinski definition) is 6. The number of pyridine rings is 2. The van der Waals surface area contributed by atoms with Gasteiger partial charge >= 0.3 is 0 Å². The number of primary amides is 1. The zero-order valence-corrected chi connectivity index (χ0v) is 20.0. The van der Waals surface area contributed by atoms with Gasteiger partial charge in [-0.05, 0) is 63.3 Å². The lowest BCUT2D eigenvalue weighted by Crippen LogP contribution is -2.47. The highest BCUT2D eigenvalue weighted by molar-refractivity contribution is 6.29. The molecule has 0 radical (unpaired) electrons. The number of aromatic nitrogens is 3. The molecule has 0 unspecified atom stereocenters. The molecule has 1 amide bonds. The first-order valence-corrected chi connectivity index (χ1v) is 11.7. The van der Waals surface area contributed by atoms with Gasteiger partial charge in [-0.15, -0.1) is 0 Å². The summed E-state index contributed by atoms with van der Waals surface area (Å²) in [6, 6.07) is 6.79. The summed E-state index contributed by atoms with van der Waals surface area (Å²) < 4.78 is 5.34. The SMILES string of the molecule is COc1cnc2[nH]cc(-c3cc(Cl)nc(NC4CCC(N(CC(N)=O)C(C)C)CC4)c3)c2c1. The molecule has 33 heavy (non-hydrogen) atoms. The molecule has 1 saturated carbocycles. The van der Waals surface area contributed by atoms with Gasteiger partial charge in [0.05, 0.1) is 19.9 Å². The van der Waals surface area contributed by atoms with Gasteiger partial charge in [0, 0.05) is 35.3 Å². The Kier molecular flexibility index (Phi) is 7.05. The van der Waals surface area contributed by atoms with E-state index in [-0.39, 0.29) is 11.9 Å². The highest BCUT2D eigenvalue weighted by atomic mass is 35.5. The molecule has 0 saturated heterocycles. The van der Waals surface area contributed by atoms with Gasteiger partial charge in [0.25, 0.3) is 0 Å². The number of fused-ring (bicyclic) bond motifs is 1. The van der Waals surface area contributed by atoms with Crippen molar-refractivity contribution in [2.75, 3.05) is 19.0 Å². The summed E-state index contributed by atoms with van der Waals surface area (Å²) in [5, 5.41) is 4.96. The third-order valence-electron chi connectivity index (χ3n) is 6.37. The Bertz CT molecular complexity index is 1120. The highest BCUT2D eigenvalue weighted by Gasteiger charge is 2.28. The number of carbonyl (C=O) groups excluding carboxylic acids is 1. The van der Waals surface area contributed by atoms with Gasteiger partial charge in [-0.25, -0.2) is 9.97 Å². The summed E-state index contributed by atoms with van der Waals surface area (Å²) in [6.07, 6.45) is 7.61. The molecule has 0 bridgehead atoms. The van der Waals surface area contributed by atoms with Crippen LogP contribution in [0.3, 0.4) is 0 Å². The molecule has 3 aromatic rings. The number of carbonyl (C=O) groups is 1. The molecule has 9 heteroatoms. The molecule has 0 atom stereocenters. The summed E-state index contributed by atoms with van der Waals surface area (Å²) in [5.41, 5.74) is 8.20. The van der Waals surface area contributed by atoms with Crippen LogP contribution in [0.4, 0.5) is 5.82 Å². The fraction of sp³-hybridized carbons (Fsp3) is 0.458. The van der Waals surface area contributed by atoms with Crippen molar-refractivity contribution in [1.82, 2.24) is 19.9 Å². The van der Waals surface area contributed by atoms with Crippen LogP contribution in [-0.2, 0) is 4.79 Å². The minimum Gasteiger partial charge on any atom is -0.495 e. The second kappa shape index (κ2) is 9.97. The van der Waals surface area contributed by atoms with Crippen LogP contribution in [0.25, 0.3) is 22.2 Å². The first-order valence-electron chi connectivity index (χ1n) is 11.3. The molecule has 8 nitrogen and oxygen atoms in total. The van der Waals surface area contributed by atoms with Gasteiger partial charge in [0.2, 0.25) is 5.91 Å². The second-order valence-electron chi connectivity index (χ2n) is 8.92. The van der Waals surface area contributed by atoms with Crippen molar-refractivity contribution in [3.05, 3.63) is 35.7 Å². The van der Waals surface area contributed by atoms with Crippen molar-refractivity contribution in [2.45, 2.75) is 57.7 Å². The lowest BCUT2D eigenvalue weighted by Gasteiger charge is -2.39. The van der Waals surface area contributed by atoms with Crippen molar-refractivity contribution >= 4 is 34.4 Å². The molecule has 0 spiro atoms. The summed E-state index contributed by atoms with van der Waals surface area (Å²) in [6.45, 7) is 4.53.